The summed E-state index contributed by atoms with van der Waals surface area (Å²) in [5, 5.41) is 2.67. The normalized spacial score (nSPS) is 17.1. The van der Waals surface area contributed by atoms with Crippen LogP contribution >= 0.6 is 25.3 Å². The summed E-state index contributed by atoms with van der Waals surface area (Å²) in [6.45, 7) is 2.20. The third-order valence-electron chi connectivity index (χ3n) is 3.69. The van der Waals surface area contributed by atoms with E-state index in [-0.39, 0.29) is 42.8 Å². The summed E-state index contributed by atoms with van der Waals surface area (Å²) in [6, 6.07) is -0.381. The molecule has 6 heteroatoms. The SMILES string of the molecule is CCCCCCCCCC(=O)CC(=O)N[C@H]1CCSC1=O.S. The lowest BCUT2D eigenvalue weighted by Crippen LogP contribution is -2.38. The zero-order valence-electron chi connectivity index (χ0n) is 13.5. The molecule has 0 bridgehead atoms. The first-order chi connectivity index (χ1) is 10.1. The van der Waals surface area contributed by atoms with Gasteiger partial charge in [-0.25, -0.2) is 0 Å². The molecule has 1 amide bonds. The fraction of sp³-hybridized carbons (Fsp3) is 0.812. The highest BCUT2D eigenvalue weighted by Gasteiger charge is 2.27. The van der Waals surface area contributed by atoms with Crippen LogP contribution in [0, 0.1) is 0 Å². The summed E-state index contributed by atoms with van der Waals surface area (Å²) in [6.07, 6.45) is 9.25. The molecule has 1 aliphatic heterocycles. The molecular weight excluding hydrogens is 318 g/mol. The highest BCUT2D eigenvalue weighted by Crippen LogP contribution is 2.19. The first-order valence-corrected chi connectivity index (χ1v) is 9.09. The van der Waals surface area contributed by atoms with Crippen molar-refractivity contribution in [1.29, 1.82) is 0 Å². The Morgan fingerprint density at radius 3 is 2.36 bits per heavy atom. The molecule has 0 radical (unpaired) electrons. The Bertz CT molecular complexity index is 361. The zero-order valence-corrected chi connectivity index (χ0v) is 15.3. The van der Waals surface area contributed by atoms with Crippen molar-refractivity contribution in [1.82, 2.24) is 5.32 Å². The van der Waals surface area contributed by atoms with Crippen LogP contribution in [-0.4, -0.2) is 28.6 Å². The smallest absolute Gasteiger partial charge is 0.228 e. The molecule has 0 aromatic heterocycles. The number of amides is 1. The third kappa shape index (κ3) is 9.51. The predicted octanol–water partition coefficient (Wildman–Crippen LogP) is 3.35. The van der Waals surface area contributed by atoms with E-state index in [0.717, 1.165) is 18.6 Å². The van der Waals surface area contributed by atoms with Crippen LogP contribution in [0.5, 0.6) is 0 Å². The van der Waals surface area contributed by atoms with Crippen LogP contribution in [0.15, 0.2) is 0 Å². The number of hydrogen-bond acceptors (Lipinski definition) is 4. The number of thioether (sulfide) groups is 1. The zero-order chi connectivity index (χ0) is 15.5. The molecule has 0 unspecified atom stereocenters. The van der Waals surface area contributed by atoms with Crippen LogP contribution in [0.1, 0.15) is 71.1 Å². The highest BCUT2D eigenvalue weighted by molar-refractivity contribution is 8.14. The van der Waals surface area contributed by atoms with Crippen LogP contribution in [-0.2, 0) is 14.4 Å². The van der Waals surface area contributed by atoms with Crippen molar-refractivity contribution >= 4 is 42.1 Å². The fourth-order valence-electron chi connectivity index (χ4n) is 2.42. The maximum atomic E-state index is 11.7. The molecule has 1 rings (SSSR count). The maximum absolute atomic E-state index is 11.7. The number of unbranched alkanes of at least 4 members (excludes halogenated alkanes) is 6. The first-order valence-electron chi connectivity index (χ1n) is 8.11. The minimum atomic E-state index is -0.381. The number of rotatable bonds is 11. The lowest BCUT2D eigenvalue weighted by molar-refractivity contribution is -0.130. The van der Waals surface area contributed by atoms with Crippen molar-refractivity contribution in [2.75, 3.05) is 5.75 Å². The van der Waals surface area contributed by atoms with E-state index in [0.29, 0.717) is 12.8 Å². The van der Waals surface area contributed by atoms with Crippen molar-refractivity contribution < 1.29 is 14.4 Å². The average Bonchev–Trinajstić information content (AvgIpc) is 2.83. The molecular formula is C16H29NO3S2. The molecule has 0 aliphatic carbocycles. The maximum Gasteiger partial charge on any atom is 0.228 e. The third-order valence-corrected chi connectivity index (χ3v) is 4.70. The standard InChI is InChI=1S/C16H27NO3S.H2S/c1-2-3-4-5-6-7-8-9-13(18)12-15(19)17-14-10-11-21-16(14)20;/h14H,2-12H2,1H3,(H,17,19);1H2/t14-;/m0./s1. The van der Waals surface area contributed by atoms with Gasteiger partial charge in [0, 0.05) is 12.2 Å². The Balaban J connectivity index is 0.00000441. The van der Waals surface area contributed by atoms with Crippen molar-refractivity contribution in [2.45, 2.75) is 77.2 Å². The molecule has 1 aliphatic rings. The van der Waals surface area contributed by atoms with Gasteiger partial charge >= 0.3 is 0 Å². The molecule has 0 aromatic carbocycles. The molecule has 1 heterocycles. The lowest BCUT2D eigenvalue weighted by atomic mass is 10.1. The second-order valence-electron chi connectivity index (χ2n) is 5.66. The molecule has 0 spiro atoms. The summed E-state index contributed by atoms with van der Waals surface area (Å²) in [4.78, 5) is 34.7. The van der Waals surface area contributed by atoms with Gasteiger partial charge in [-0.1, -0.05) is 57.2 Å². The number of hydrogen-bond donors (Lipinski definition) is 1. The molecule has 1 fully saturated rings. The number of carbonyl (C=O) groups is 3. The van der Waals surface area contributed by atoms with Gasteiger partial charge in [-0.2, -0.15) is 13.5 Å². The van der Waals surface area contributed by atoms with Gasteiger partial charge in [-0.15, -0.1) is 0 Å². The van der Waals surface area contributed by atoms with E-state index >= 15 is 0 Å². The van der Waals surface area contributed by atoms with Gasteiger partial charge in [0.15, 0.2) is 0 Å². The predicted molar refractivity (Wildman–Crippen MR) is 96.6 cm³/mol. The van der Waals surface area contributed by atoms with Crippen molar-refractivity contribution in [2.24, 2.45) is 0 Å². The quantitative estimate of drug-likeness (QED) is 0.460. The van der Waals surface area contributed by atoms with Crippen molar-refractivity contribution in [3.05, 3.63) is 0 Å². The van der Waals surface area contributed by atoms with Crippen LogP contribution in [0.25, 0.3) is 0 Å². The summed E-state index contributed by atoms with van der Waals surface area (Å²) >= 11 is 1.25. The van der Waals surface area contributed by atoms with E-state index in [1.165, 1.54) is 43.9 Å². The van der Waals surface area contributed by atoms with Gasteiger partial charge in [-0.05, 0) is 12.8 Å². The van der Waals surface area contributed by atoms with E-state index in [1.54, 1.807) is 0 Å². The topological polar surface area (TPSA) is 63.2 Å². The molecule has 0 aromatic rings. The monoisotopic (exact) mass is 347 g/mol. The molecule has 0 saturated carbocycles. The van der Waals surface area contributed by atoms with E-state index < -0.39 is 0 Å². The second-order valence-corrected chi connectivity index (χ2v) is 6.76. The molecule has 22 heavy (non-hydrogen) atoms. The van der Waals surface area contributed by atoms with Gasteiger partial charge in [0.25, 0.3) is 0 Å². The summed E-state index contributed by atoms with van der Waals surface area (Å²) in [5.74, 6) is 0.443. The average molecular weight is 348 g/mol. The minimum Gasteiger partial charge on any atom is -0.345 e. The highest BCUT2D eigenvalue weighted by atomic mass is 32.2. The largest absolute Gasteiger partial charge is 0.345 e. The van der Waals surface area contributed by atoms with Crippen molar-refractivity contribution in [3.63, 3.8) is 0 Å². The van der Waals surface area contributed by atoms with Gasteiger partial charge < -0.3 is 5.32 Å². The number of nitrogens with one attached hydrogen (secondary N) is 1. The van der Waals surface area contributed by atoms with Crippen LogP contribution in [0.3, 0.4) is 0 Å². The summed E-state index contributed by atoms with van der Waals surface area (Å²) < 4.78 is 0. The van der Waals surface area contributed by atoms with Crippen LogP contribution in [0.4, 0.5) is 0 Å². The van der Waals surface area contributed by atoms with Gasteiger partial charge in [0.2, 0.25) is 11.0 Å². The molecule has 128 valence electrons. The number of ketones is 1. The Morgan fingerprint density at radius 2 is 1.77 bits per heavy atom. The van der Waals surface area contributed by atoms with Crippen LogP contribution < -0.4 is 5.32 Å². The fourth-order valence-corrected chi connectivity index (χ4v) is 3.35. The van der Waals surface area contributed by atoms with E-state index in [2.05, 4.69) is 12.2 Å². The molecule has 4 nitrogen and oxygen atoms in total. The summed E-state index contributed by atoms with van der Waals surface area (Å²) in [7, 11) is 0. The number of Topliss-reactive ketones (excluding diaryl/α,β-unsaturated/α-hetero) is 1. The molecule has 1 N–H and O–H groups in total. The second kappa shape index (κ2) is 13.0. The minimum absolute atomic E-state index is 0. The number of carbonyl (C=O) groups excluding carboxylic acids is 3. The first kappa shape index (κ1) is 21.5. The van der Waals surface area contributed by atoms with Gasteiger partial charge in [0.1, 0.15) is 5.78 Å². The van der Waals surface area contributed by atoms with Gasteiger partial charge in [-0.3, -0.25) is 14.4 Å². The summed E-state index contributed by atoms with van der Waals surface area (Å²) in [5.41, 5.74) is 0. The van der Waals surface area contributed by atoms with Crippen LogP contribution in [0.2, 0.25) is 0 Å². The Kier molecular flexibility index (Phi) is 12.7. The molecule has 1 atom stereocenters. The molecule has 1 saturated heterocycles. The van der Waals surface area contributed by atoms with Gasteiger partial charge in [0.05, 0.1) is 12.5 Å². The Labute approximate surface area is 145 Å². The van der Waals surface area contributed by atoms with Crippen molar-refractivity contribution in [3.8, 4) is 0 Å². The van der Waals surface area contributed by atoms with E-state index in [1.807, 2.05) is 0 Å². The van der Waals surface area contributed by atoms with E-state index in [4.69, 9.17) is 0 Å². The lowest BCUT2D eigenvalue weighted by Gasteiger charge is -2.09. The Morgan fingerprint density at radius 1 is 1.14 bits per heavy atom. The van der Waals surface area contributed by atoms with E-state index in [9.17, 15) is 14.4 Å². The Hall–Kier alpha value is -0.490.